The van der Waals surface area contributed by atoms with Crippen LogP contribution in [0.3, 0.4) is 0 Å². The van der Waals surface area contributed by atoms with Crippen molar-refractivity contribution in [2.75, 3.05) is 0 Å². The third-order valence-electron chi connectivity index (χ3n) is 11.4. The van der Waals surface area contributed by atoms with Crippen LogP contribution in [-0.2, 0) is 24.6 Å². The summed E-state index contributed by atoms with van der Waals surface area (Å²) >= 11 is 4.42. The van der Waals surface area contributed by atoms with Gasteiger partial charge in [-0.25, -0.2) is 27.5 Å². The van der Waals surface area contributed by atoms with Crippen LogP contribution < -0.4 is 0 Å². The summed E-state index contributed by atoms with van der Waals surface area (Å²) in [5.41, 5.74) is 1.61. The molecule has 0 amide bonds. The normalized spacial score (nSPS) is 34.3. The molecule has 3 heterocycles. The summed E-state index contributed by atoms with van der Waals surface area (Å²) in [6.07, 6.45) is -3.23. The second-order valence-corrected chi connectivity index (χ2v) is 17.0. The van der Waals surface area contributed by atoms with Crippen molar-refractivity contribution in [2.45, 2.75) is 87.9 Å². The topological polar surface area (TPSA) is 93.0 Å². The molecule has 5 saturated carbocycles. The van der Waals surface area contributed by atoms with Crippen molar-refractivity contribution >= 4 is 88.0 Å². The Labute approximate surface area is 278 Å². The number of rotatable bonds is 2. The lowest BCUT2D eigenvalue weighted by molar-refractivity contribution is -0.123. The van der Waals surface area contributed by atoms with E-state index in [2.05, 4.69) is 9.98 Å². The molecule has 3 aromatic rings. The second kappa shape index (κ2) is 10.5. The molecule has 0 aliphatic heterocycles. The van der Waals surface area contributed by atoms with Gasteiger partial charge < -0.3 is 0 Å². The molecule has 0 N–H and O–H groups in total. The van der Waals surface area contributed by atoms with Crippen molar-refractivity contribution in [2.24, 2.45) is 33.7 Å². The SMILES string of the molecule is O=C1C(=Nc2cc3c(s2)-c2sc4cc(N=C5C(=O)C6CC(F)C(F)CC6C5=O)sc4c2C32CCCCC2)C(=O)C2CC(F)C(F)CC12. The van der Waals surface area contributed by atoms with Crippen LogP contribution in [0.25, 0.3) is 19.2 Å². The monoisotopic (exact) mass is 700 g/mol. The van der Waals surface area contributed by atoms with Crippen molar-refractivity contribution in [3.63, 3.8) is 0 Å². The van der Waals surface area contributed by atoms with Crippen LogP contribution in [0.15, 0.2) is 22.1 Å². The summed E-state index contributed by atoms with van der Waals surface area (Å²) < 4.78 is 58.3. The number of fused-ring (bicyclic) bond motifs is 9. The van der Waals surface area contributed by atoms with Crippen LogP contribution in [0, 0.1) is 23.7 Å². The van der Waals surface area contributed by atoms with E-state index in [0.29, 0.717) is 10.0 Å². The average Bonchev–Trinajstić information content (AvgIpc) is 3.85. The highest BCUT2D eigenvalue weighted by atomic mass is 32.1. The molecule has 6 aliphatic rings. The fourth-order valence-electron chi connectivity index (χ4n) is 9.06. The minimum Gasteiger partial charge on any atom is -0.292 e. The van der Waals surface area contributed by atoms with Gasteiger partial charge in [-0.2, -0.15) is 0 Å². The van der Waals surface area contributed by atoms with Gasteiger partial charge in [0.25, 0.3) is 0 Å². The molecule has 8 unspecified atom stereocenters. The zero-order chi connectivity index (χ0) is 32.5. The summed E-state index contributed by atoms with van der Waals surface area (Å²) in [7, 11) is 0. The maximum absolute atomic E-state index is 14.1. The lowest BCUT2D eigenvalue weighted by atomic mass is 9.68. The molecule has 47 heavy (non-hydrogen) atoms. The van der Waals surface area contributed by atoms with E-state index < -0.39 is 71.5 Å². The van der Waals surface area contributed by atoms with Crippen molar-refractivity contribution in [3.05, 3.63) is 23.3 Å². The number of alkyl halides is 4. The molecule has 13 heteroatoms. The zero-order valence-electron chi connectivity index (χ0n) is 24.9. The summed E-state index contributed by atoms with van der Waals surface area (Å²) in [6, 6.07) is 3.84. The van der Waals surface area contributed by atoms with Gasteiger partial charge in [0.2, 0.25) is 0 Å². The number of carbonyl (C=O) groups is 4. The van der Waals surface area contributed by atoms with Gasteiger partial charge in [-0.1, -0.05) is 19.3 Å². The molecule has 1 spiro atoms. The van der Waals surface area contributed by atoms with Crippen LogP contribution in [0.1, 0.15) is 68.9 Å². The van der Waals surface area contributed by atoms with E-state index >= 15 is 0 Å². The van der Waals surface area contributed by atoms with Gasteiger partial charge in [-0.05, 0) is 56.2 Å². The number of hydrogen-bond donors (Lipinski definition) is 0. The molecule has 3 aromatic heterocycles. The van der Waals surface area contributed by atoms with Gasteiger partial charge in [-0.3, -0.25) is 19.2 Å². The molecule has 5 fully saturated rings. The first-order chi connectivity index (χ1) is 22.6. The van der Waals surface area contributed by atoms with Crippen LogP contribution >= 0.6 is 34.0 Å². The van der Waals surface area contributed by atoms with Gasteiger partial charge in [0.05, 0.1) is 14.5 Å². The fraction of sp³-hybridized carbons (Fsp3) is 0.529. The van der Waals surface area contributed by atoms with E-state index in [9.17, 15) is 36.7 Å². The smallest absolute Gasteiger partial charge is 0.188 e. The Morgan fingerprint density at radius 2 is 1.06 bits per heavy atom. The van der Waals surface area contributed by atoms with E-state index in [-0.39, 0.29) is 42.5 Å². The van der Waals surface area contributed by atoms with E-state index in [1.54, 1.807) is 11.3 Å². The molecule has 0 aromatic carbocycles. The number of thiophene rings is 3. The largest absolute Gasteiger partial charge is 0.292 e. The van der Waals surface area contributed by atoms with Gasteiger partial charge >= 0.3 is 0 Å². The first-order valence-electron chi connectivity index (χ1n) is 16.2. The highest BCUT2D eigenvalue weighted by molar-refractivity contribution is 7.33. The first-order valence-corrected chi connectivity index (χ1v) is 18.6. The number of Topliss-reactive ketones (excluding diaryl/α,β-unsaturated/α-hetero) is 4. The van der Waals surface area contributed by atoms with Crippen molar-refractivity contribution < 1.29 is 36.7 Å². The van der Waals surface area contributed by atoms with Gasteiger partial charge in [0, 0.05) is 39.3 Å². The van der Waals surface area contributed by atoms with E-state index in [4.69, 9.17) is 0 Å². The predicted molar refractivity (Wildman–Crippen MR) is 173 cm³/mol. The van der Waals surface area contributed by atoms with Crippen LogP contribution in [0.4, 0.5) is 27.6 Å². The minimum absolute atomic E-state index is 0.199. The highest BCUT2D eigenvalue weighted by Crippen LogP contribution is 2.65. The molecule has 6 nitrogen and oxygen atoms in total. The maximum Gasteiger partial charge on any atom is 0.188 e. The van der Waals surface area contributed by atoms with Crippen LogP contribution in [0.2, 0.25) is 0 Å². The molecule has 0 saturated heterocycles. The number of aliphatic imine (C=N–C) groups is 2. The molecule has 0 bridgehead atoms. The Kier molecular flexibility index (Phi) is 6.77. The summed E-state index contributed by atoms with van der Waals surface area (Å²) in [6.45, 7) is 0. The van der Waals surface area contributed by atoms with E-state index in [0.717, 1.165) is 56.8 Å². The molecule has 8 atom stereocenters. The third kappa shape index (κ3) is 4.24. The van der Waals surface area contributed by atoms with E-state index in [1.165, 1.54) is 28.2 Å². The number of carbonyl (C=O) groups excluding carboxylic acids is 4. The highest BCUT2D eigenvalue weighted by Gasteiger charge is 2.54. The molecular weight excluding hydrogens is 673 g/mol. The average molecular weight is 701 g/mol. The Balaban J connectivity index is 1.08. The number of ketones is 4. The standard InChI is InChI=1S/C34H28F4N2O4S3/c35-17-6-12-13(7-18(17)36)28(42)25(27(12)41)39-22-10-16-31(46-22)33-24(34(16)4-2-1-3-5-34)32-21(45-33)11-23(47-32)40-26-29(43)14-8-19(37)20(38)9-15(14)30(26)44/h10-15,17-20H,1-9H2. The molecular formula is C34H28F4N2O4S3. The van der Waals surface area contributed by atoms with Gasteiger partial charge in [0.15, 0.2) is 34.6 Å². The summed E-state index contributed by atoms with van der Waals surface area (Å²) in [4.78, 5) is 63.6. The maximum atomic E-state index is 14.1. The fourth-order valence-corrected chi connectivity index (χ4v) is 13.0. The lowest BCUT2D eigenvalue weighted by Gasteiger charge is -2.34. The van der Waals surface area contributed by atoms with Gasteiger partial charge in [-0.15, -0.1) is 34.0 Å². The quantitative estimate of drug-likeness (QED) is 0.253. The molecule has 0 radical (unpaired) electrons. The molecule has 244 valence electrons. The number of nitrogens with zero attached hydrogens (tertiary/aromatic N) is 2. The Morgan fingerprint density at radius 3 is 1.55 bits per heavy atom. The summed E-state index contributed by atoms with van der Waals surface area (Å²) in [5.74, 6) is -5.39. The van der Waals surface area contributed by atoms with Gasteiger partial charge in [0.1, 0.15) is 34.7 Å². The third-order valence-corrected chi connectivity index (χ3v) is 14.9. The van der Waals surface area contributed by atoms with Crippen molar-refractivity contribution in [1.29, 1.82) is 0 Å². The second-order valence-electron chi connectivity index (χ2n) is 13.9. The summed E-state index contributed by atoms with van der Waals surface area (Å²) in [5, 5.41) is 1.04. The first kappa shape index (κ1) is 30.2. The Hall–Kier alpha value is -2.90. The Morgan fingerprint density at radius 1 is 0.596 bits per heavy atom. The molecule has 6 aliphatic carbocycles. The number of halogens is 4. The zero-order valence-corrected chi connectivity index (χ0v) is 27.4. The van der Waals surface area contributed by atoms with E-state index in [1.807, 2.05) is 12.1 Å². The van der Waals surface area contributed by atoms with Crippen molar-refractivity contribution in [3.8, 4) is 9.75 Å². The minimum atomic E-state index is -1.75. The van der Waals surface area contributed by atoms with Crippen molar-refractivity contribution in [1.82, 2.24) is 0 Å². The van der Waals surface area contributed by atoms with Crippen LogP contribution in [-0.4, -0.2) is 59.2 Å². The predicted octanol–water partition coefficient (Wildman–Crippen LogP) is 8.11. The van der Waals surface area contributed by atoms with Crippen LogP contribution in [0.5, 0.6) is 0 Å². The Bertz CT molecular complexity index is 1930. The lowest BCUT2D eigenvalue weighted by Crippen LogP contribution is -2.35. The number of hydrogen-bond acceptors (Lipinski definition) is 9. The molecule has 9 rings (SSSR count).